The molecule has 0 aromatic rings. The Morgan fingerprint density at radius 1 is 1.37 bits per heavy atom. The molecular weight excluding hydrogens is 444 g/mol. The van der Waals surface area contributed by atoms with E-state index in [4.69, 9.17) is 25.9 Å². The van der Waals surface area contributed by atoms with Gasteiger partial charge in [0.2, 0.25) is 5.91 Å². The molecule has 3 aliphatic heterocycles. The summed E-state index contributed by atoms with van der Waals surface area (Å²) in [5.41, 5.74) is 12.6. The van der Waals surface area contributed by atoms with Gasteiger partial charge in [-0.3, -0.25) is 9.79 Å². The number of nitrogens with two attached hydrogens (primary N) is 2. The fraction of sp³-hybridized carbons (Fsp3) is 0.885. The monoisotopic (exact) mass is 490 g/mol. The lowest BCUT2D eigenvalue weighted by atomic mass is 9.68. The van der Waals surface area contributed by atoms with Crippen LogP contribution in [0.25, 0.3) is 0 Å². The van der Waals surface area contributed by atoms with Crippen LogP contribution in [0.5, 0.6) is 0 Å². The third kappa shape index (κ3) is 7.70. The summed E-state index contributed by atoms with van der Waals surface area (Å²) in [7, 11) is 0. The van der Waals surface area contributed by atoms with E-state index < -0.39 is 12.1 Å². The highest BCUT2D eigenvalue weighted by molar-refractivity contribution is 5.81. The molecule has 3 rings (SSSR count). The van der Waals surface area contributed by atoms with E-state index in [0.29, 0.717) is 19.6 Å². The first-order valence-electron chi connectivity index (χ1n) is 13.6. The minimum absolute atomic E-state index is 0.0683. The zero-order valence-corrected chi connectivity index (χ0v) is 21.6. The normalized spacial score (nSPS) is 34.7. The number of nitrogens with zero attached hydrogens (tertiary/aromatic N) is 2. The lowest BCUT2D eigenvalue weighted by molar-refractivity contribution is -0.129. The number of nitrogens with one attached hydrogen (secondary N) is 2. The molecule has 6 unspecified atom stereocenters. The molecule has 0 aromatic carbocycles. The van der Waals surface area contributed by atoms with Crippen LogP contribution in [0.1, 0.15) is 71.6 Å². The van der Waals surface area contributed by atoms with Crippen LogP contribution in [-0.4, -0.2) is 68.9 Å². The van der Waals surface area contributed by atoms with Gasteiger partial charge in [0.1, 0.15) is 0 Å². The Labute approximate surface area is 210 Å². The van der Waals surface area contributed by atoms with Crippen molar-refractivity contribution in [3.63, 3.8) is 0 Å². The summed E-state index contributed by atoms with van der Waals surface area (Å²) in [6, 6.07) is 1.82. The van der Waals surface area contributed by atoms with Crippen molar-refractivity contribution in [2.24, 2.45) is 33.7 Å². The molecule has 0 aromatic heterocycles. The van der Waals surface area contributed by atoms with E-state index >= 15 is 0 Å². The highest BCUT2D eigenvalue weighted by Crippen LogP contribution is 2.42. The number of carbonyl (C=O) groups excluding carboxylic acids is 1. The van der Waals surface area contributed by atoms with Crippen LogP contribution in [0.15, 0.2) is 4.99 Å². The van der Waals surface area contributed by atoms with Crippen molar-refractivity contribution >= 4 is 12.1 Å². The Balaban J connectivity index is 1.78. The van der Waals surface area contributed by atoms with E-state index in [2.05, 4.69) is 30.6 Å². The smallest absolute Gasteiger partial charge is 0.228 e. The lowest BCUT2D eigenvalue weighted by Crippen LogP contribution is -2.60. The molecule has 0 bridgehead atoms. The predicted molar refractivity (Wildman–Crippen MR) is 137 cm³/mol. The molecule has 2 saturated heterocycles. The molecule has 1 amide bonds. The molecule has 3 heterocycles. The number of amides is 1. The van der Waals surface area contributed by atoms with Crippen molar-refractivity contribution in [2.45, 2.75) is 102 Å². The number of hydrogen-bond acceptors (Lipinski definition) is 8. The van der Waals surface area contributed by atoms with Gasteiger partial charge in [-0.2, -0.15) is 5.26 Å². The SMILES string of the molecule is CCCC1(CC)CCC(CC#N)C=NC(C(C(=O)NC2CNCCC2O[C@@H]2CCOC2)C(N)N)C1. The Bertz CT molecular complexity index is 735. The van der Waals surface area contributed by atoms with Crippen LogP contribution in [-0.2, 0) is 14.3 Å². The van der Waals surface area contributed by atoms with Crippen LogP contribution in [0.3, 0.4) is 0 Å². The fourth-order valence-electron chi connectivity index (χ4n) is 6.04. The van der Waals surface area contributed by atoms with Crippen molar-refractivity contribution < 1.29 is 14.3 Å². The first kappa shape index (κ1) is 28.0. The van der Waals surface area contributed by atoms with Crippen molar-refractivity contribution in [3.05, 3.63) is 0 Å². The molecule has 0 saturated carbocycles. The summed E-state index contributed by atoms with van der Waals surface area (Å²) in [5, 5.41) is 15.9. The molecule has 0 spiro atoms. The maximum Gasteiger partial charge on any atom is 0.228 e. The van der Waals surface area contributed by atoms with Gasteiger partial charge >= 0.3 is 0 Å². The molecule has 0 radical (unpaired) electrons. The summed E-state index contributed by atoms with van der Waals surface area (Å²) in [6.45, 7) is 7.25. The summed E-state index contributed by atoms with van der Waals surface area (Å²) < 4.78 is 11.8. The molecule has 6 N–H and O–H groups in total. The highest BCUT2D eigenvalue weighted by Gasteiger charge is 2.41. The largest absolute Gasteiger partial charge is 0.379 e. The Hall–Kier alpha value is -1.57. The van der Waals surface area contributed by atoms with Crippen LogP contribution >= 0.6 is 0 Å². The molecule has 35 heavy (non-hydrogen) atoms. The first-order valence-corrected chi connectivity index (χ1v) is 13.6. The zero-order valence-electron chi connectivity index (χ0n) is 21.6. The molecule has 7 atom stereocenters. The number of aliphatic imine (C=N–C) groups is 1. The number of ether oxygens (including phenoxy) is 2. The highest BCUT2D eigenvalue weighted by atomic mass is 16.6. The minimum atomic E-state index is -0.832. The second-order valence-corrected chi connectivity index (χ2v) is 10.7. The molecule has 3 aliphatic rings. The minimum Gasteiger partial charge on any atom is -0.379 e. The number of rotatable bonds is 10. The summed E-state index contributed by atoms with van der Waals surface area (Å²) in [4.78, 5) is 18.6. The first-order chi connectivity index (χ1) is 16.9. The number of nitriles is 1. The van der Waals surface area contributed by atoms with Gasteiger partial charge in [0.05, 0.1) is 49.1 Å². The van der Waals surface area contributed by atoms with E-state index in [0.717, 1.165) is 64.5 Å². The Kier molecular flexibility index (Phi) is 10.9. The number of hydrogen-bond donors (Lipinski definition) is 4. The standard InChI is InChI=1S/C26H46N6O3/c1-3-9-26(4-2)10-5-18(6-11-27)15-31-20(14-26)23(24(28)29)25(33)32-21-16-30-12-7-22(21)35-19-8-13-34-17-19/h15,18-24,30H,3-10,12-14,16-17,28-29H2,1-2H3,(H,32,33)/t18?,19-,20?,21?,22?,23?,26?/m1/s1. The van der Waals surface area contributed by atoms with Gasteiger partial charge in [0.15, 0.2) is 0 Å². The van der Waals surface area contributed by atoms with Gasteiger partial charge in [-0.15, -0.1) is 0 Å². The van der Waals surface area contributed by atoms with E-state index in [1.165, 1.54) is 0 Å². The zero-order chi connectivity index (χ0) is 25.3. The maximum atomic E-state index is 13.7. The summed E-state index contributed by atoms with van der Waals surface area (Å²) >= 11 is 0. The molecular formula is C26H46N6O3. The van der Waals surface area contributed by atoms with E-state index in [9.17, 15) is 10.1 Å². The predicted octanol–water partition coefficient (Wildman–Crippen LogP) is 1.85. The lowest BCUT2D eigenvalue weighted by Gasteiger charge is -2.41. The average Bonchev–Trinajstić information content (AvgIpc) is 3.33. The summed E-state index contributed by atoms with van der Waals surface area (Å²) in [6.07, 6.45) is 9.09. The van der Waals surface area contributed by atoms with Crippen molar-refractivity contribution in [1.29, 1.82) is 5.26 Å². The quantitative estimate of drug-likeness (QED) is 0.342. The van der Waals surface area contributed by atoms with E-state index in [1.54, 1.807) is 0 Å². The second-order valence-electron chi connectivity index (χ2n) is 10.7. The Morgan fingerprint density at radius 2 is 2.20 bits per heavy atom. The van der Waals surface area contributed by atoms with Gasteiger partial charge in [0, 0.05) is 31.7 Å². The van der Waals surface area contributed by atoms with Gasteiger partial charge in [-0.05, 0) is 50.5 Å². The van der Waals surface area contributed by atoms with Gasteiger partial charge < -0.3 is 31.6 Å². The molecule has 0 aliphatic carbocycles. The van der Waals surface area contributed by atoms with Gasteiger partial charge in [-0.25, -0.2) is 0 Å². The maximum absolute atomic E-state index is 13.7. The van der Waals surface area contributed by atoms with Gasteiger partial charge in [-0.1, -0.05) is 26.7 Å². The van der Waals surface area contributed by atoms with Crippen molar-refractivity contribution in [1.82, 2.24) is 10.6 Å². The fourth-order valence-corrected chi connectivity index (χ4v) is 6.04. The molecule has 9 nitrogen and oxygen atoms in total. The molecule has 2 fully saturated rings. The number of piperidine rings is 1. The second kappa shape index (κ2) is 13.7. The van der Waals surface area contributed by atoms with E-state index in [-0.39, 0.29) is 41.5 Å². The van der Waals surface area contributed by atoms with E-state index in [1.807, 2.05) is 6.21 Å². The molecule has 9 heteroatoms. The van der Waals surface area contributed by atoms with Crippen LogP contribution in [0.2, 0.25) is 0 Å². The van der Waals surface area contributed by atoms with Gasteiger partial charge in [0.25, 0.3) is 0 Å². The van der Waals surface area contributed by atoms with Crippen LogP contribution < -0.4 is 22.1 Å². The van der Waals surface area contributed by atoms with Crippen LogP contribution in [0, 0.1) is 28.6 Å². The third-order valence-electron chi connectivity index (χ3n) is 8.19. The average molecular weight is 491 g/mol. The topological polar surface area (TPSA) is 148 Å². The molecule has 198 valence electrons. The van der Waals surface area contributed by atoms with Crippen molar-refractivity contribution in [3.8, 4) is 6.07 Å². The van der Waals surface area contributed by atoms with Crippen molar-refractivity contribution in [2.75, 3.05) is 26.3 Å². The van der Waals surface area contributed by atoms with Crippen LogP contribution in [0.4, 0.5) is 0 Å². The third-order valence-corrected chi connectivity index (χ3v) is 8.19. The summed E-state index contributed by atoms with van der Waals surface area (Å²) in [5.74, 6) is -0.712. The Morgan fingerprint density at radius 3 is 2.86 bits per heavy atom. The number of carbonyl (C=O) groups is 1.